The van der Waals surface area contributed by atoms with Gasteiger partial charge in [0.15, 0.2) is 11.6 Å². The van der Waals surface area contributed by atoms with Crippen molar-refractivity contribution in [1.82, 2.24) is 0 Å². The number of benzene rings is 1. The molecule has 15 heavy (non-hydrogen) atoms. The molecule has 0 heterocycles. The van der Waals surface area contributed by atoms with Gasteiger partial charge in [0.25, 0.3) is 0 Å². The number of aliphatic carboxylic acids is 1. The summed E-state index contributed by atoms with van der Waals surface area (Å²) in [6, 6.07) is 0.944. The average molecular weight is 233 g/mol. The number of carboxylic acid groups (broad SMARTS) is 1. The molecular formula is C9H9F2NO2S. The van der Waals surface area contributed by atoms with E-state index in [1.165, 1.54) is 12.1 Å². The van der Waals surface area contributed by atoms with Crippen LogP contribution in [0.3, 0.4) is 0 Å². The standard InChI is InChI=1S/C9H9F2NO2S/c1-15-5-3-2-4(6(10)7(5)11)8(12)9(13)14/h2-3,8H,12H2,1H3,(H,13,14). The Labute approximate surface area is 89.3 Å². The van der Waals surface area contributed by atoms with E-state index < -0.39 is 23.6 Å². The molecule has 0 spiro atoms. The van der Waals surface area contributed by atoms with Crippen LogP contribution in [0.25, 0.3) is 0 Å². The highest BCUT2D eigenvalue weighted by atomic mass is 32.2. The molecule has 0 saturated heterocycles. The Hall–Kier alpha value is -1.14. The molecule has 1 rings (SSSR count). The average Bonchev–Trinajstić information content (AvgIpc) is 2.21. The van der Waals surface area contributed by atoms with Crippen molar-refractivity contribution in [2.24, 2.45) is 5.73 Å². The molecule has 0 aliphatic rings. The molecular weight excluding hydrogens is 224 g/mol. The number of hydrogen-bond acceptors (Lipinski definition) is 3. The number of halogens is 2. The highest BCUT2D eigenvalue weighted by Crippen LogP contribution is 2.26. The molecule has 0 aromatic heterocycles. The van der Waals surface area contributed by atoms with Crippen LogP contribution < -0.4 is 5.73 Å². The van der Waals surface area contributed by atoms with Gasteiger partial charge in [-0.2, -0.15) is 0 Å². The van der Waals surface area contributed by atoms with Crippen LogP contribution in [0.5, 0.6) is 0 Å². The number of rotatable bonds is 3. The number of thioether (sulfide) groups is 1. The zero-order valence-electron chi connectivity index (χ0n) is 7.83. The van der Waals surface area contributed by atoms with Crippen LogP contribution in [-0.2, 0) is 4.79 Å². The number of carboxylic acids is 1. The van der Waals surface area contributed by atoms with Crippen LogP contribution in [0.4, 0.5) is 8.78 Å². The molecule has 0 bridgehead atoms. The molecule has 1 aromatic carbocycles. The van der Waals surface area contributed by atoms with Crippen molar-refractivity contribution in [3.63, 3.8) is 0 Å². The minimum atomic E-state index is -1.55. The third-order valence-electron chi connectivity index (χ3n) is 1.90. The van der Waals surface area contributed by atoms with Crippen LogP contribution in [0.2, 0.25) is 0 Å². The van der Waals surface area contributed by atoms with Gasteiger partial charge in [-0.05, 0) is 12.3 Å². The maximum absolute atomic E-state index is 13.3. The van der Waals surface area contributed by atoms with Crippen LogP contribution in [-0.4, -0.2) is 17.3 Å². The number of hydrogen-bond donors (Lipinski definition) is 2. The summed E-state index contributed by atoms with van der Waals surface area (Å²) in [4.78, 5) is 10.6. The second-order valence-electron chi connectivity index (χ2n) is 2.80. The highest BCUT2D eigenvalue weighted by Gasteiger charge is 2.22. The van der Waals surface area contributed by atoms with Gasteiger partial charge < -0.3 is 10.8 Å². The van der Waals surface area contributed by atoms with Gasteiger partial charge in [0, 0.05) is 10.5 Å². The zero-order valence-corrected chi connectivity index (χ0v) is 8.65. The third kappa shape index (κ3) is 2.27. The first-order valence-corrected chi connectivity index (χ1v) is 5.21. The molecule has 0 aliphatic heterocycles. The third-order valence-corrected chi connectivity index (χ3v) is 2.65. The van der Waals surface area contributed by atoms with Crippen molar-refractivity contribution >= 4 is 17.7 Å². The molecule has 3 nitrogen and oxygen atoms in total. The summed E-state index contributed by atoms with van der Waals surface area (Å²) in [5.74, 6) is -3.65. The van der Waals surface area contributed by atoms with E-state index in [0.717, 1.165) is 11.8 Å². The van der Waals surface area contributed by atoms with Crippen molar-refractivity contribution in [3.8, 4) is 0 Å². The molecule has 0 fully saturated rings. The maximum Gasteiger partial charge on any atom is 0.325 e. The predicted octanol–water partition coefficient (Wildman–Crippen LogP) is 1.77. The van der Waals surface area contributed by atoms with Crippen molar-refractivity contribution < 1.29 is 18.7 Å². The predicted molar refractivity (Wildman–Crippen MR) is 52.7 cm³/mol. The van der Waals surface area contributed by atoms with E-state index in [9.17, 15) is 13.6 Å². The fraction of sp³-hybridized carbons (Fsp3) is 0.222. The summed E-state index contributed by atoms with van der Waals surface area (Å²) in [6.07, 6.45) is 1.59. The van der Waals surface area contributed by atoms with Gasteiger partial charge in [0.05, 0.1) is 0 Å². The first-order chi connectivity index (χ1) is 6.99. The van der Waals surface area contributed by atoms with E-state index in [-0.39, 0.29) is 10.5 Å². The molecule has 3 N–H and O–H groups in total. The highest BCUT2D eigenvalue weighted by molar-refractivity contribution is 7.98. The normalized spacial score (nSPS) is 12.5. The Morgan fingerprint density at radius 2 is 2.07 bits per heavy atom. The molecule has 1 unspecified atom stereocenters. The Balaban J connectivity index is 3.23. The molecule has 1 atom stereocenters. The van der Waals surface area contributed by atoms with Crippen molar-refractivity contribution in [1.29, 1.82) is 0 Å². The molecule has 0 amide bonds. The summed E-state index contributed by atoms with van der Waals surface area (Å²) >= 11 is 1.04. The lowest BCUT2D eigenvalue weighted by molar-refractivity contribution is -0.138. The van der Waals surface area contributed by atoms with Crippen LogP contribution in [0, 0.1) is 11.6 Å². The van der Waals surface area contributed by atoms with Gasteiger partial charge in [-0.1, -0.05) is 6.07 Å². The Morgan fingerprint density at radius 3 is 2.53 bits per heavy atom. The summed E-state index contributed by atoms with van der Waals surface area (Å²) in [5.41, 5.74) is 4.84. The fourth-order valence-electron chi connectivity index (χ4n) is 1.08. The van der Waals surface area contributed by atoms with Crippen LogP contribution in [0.1, 0.15) is 11.6 Å². The van der Waals surface area contributed by atoms with Gasteiger partial charge >= 0.3 is 5.97 Å². The zero-order chi connectivity index (χ0) is 11.6. The molecule has 1 aromatic rings. The Morgan fingerprint density at radius 1 is 1.47 bits per heavy atom. The largest absolute Gasteiger partial charge is 0.480 e. The van der Waals surface area contributed by atoms with Crippen molar-refractivity contribution in [3.05, 3.63) is 29.3 Å². The summed E-state index contributed by atoms with van der Waals surface area (Å²) < 4.78 is 26.6. The monoisotopic (exact) mass is 233 g/mol. The van der Waals surface area contributed by atoms with Crippen LogP contribution >= 0.6 is 11.8 Å². The van der Waals surface area contributed by atoms with E-state index in [0.29, 0.717) is 0 Å². The van der Waals surface area contributed by atoms with E-state index in [1.807, 2.05) is 0 Å². The summed E-state index contributed by atoms with van der Waals surface area (Å²) in [6.45, 7) is 0. The van der Waals surface area contributed by atoms with Gasteiger partial charge in [0.2, 0.25) is 0 Å². The van der Waals surface area contributed by atoms with Crippen molar-refractivity contribution in [2.45, 2.75) is 10.9 Å². The van der Waals surface area contributed by atoms with Crippen molar-refractivity contribution in [2.75, 3.05) is 6.26 Å². The number of nitrogens with two attached hydrogens (primary N) is 1. The molecule has 0 radical (unpaired) electrons. The lowest BCUT2D eigenvalue weighted by atomic mass is 10.1. The first-order valence-electron chi connectivity index (χ1n) is 3.99. The second-order valence-corrected chi connectivity index (χ2v) is 3.65. The van der Waals surface area contributed by atoms with Gasteiger partial charge in [-0.15, -0.1) is 11.8 Å². The number of carbonyl (C=O) groups is 1. The maximum atomic E-state index is 13.3. The lowest BCUT2D eigenvalue weighted by Crippen LogP contribution is -2.22. The van der Waals surface area contributed by atoms with Gasteiger partial charge in [-0.3, -0.25) is 4.79 Å². The van der Waals surface area contributed by atoms with E-state index in [4.69, 9.17) is 10.8 Å². The summed E-state index contributed by atoms with van der Waals surface area (Å²) in [5, 5.41) is 8.56. The molecule has 0 saturated carbocycles. The SMILES string of the molecule is CSc1ccc(C(N)C(=O)O)c(F)c1F. The quantitative estimate of drug-likeness (QED) is 0.781. The topological polar surface area (TPSA) is 63.3 Å². The van der Waals surface area contributed by atoms with Gasteiger partial charge in [-0.25, -0.2) is 8.78 Å². The minimum Gasteiger partial charge on any atom is -0.480 e. The van der Waals surface area contributed by atoms with Crippen LogP contribution in [0.15, 0.2) is 17.0 Å². The van der Waals surface area contributed by atoms with E-state index in [1.54, 1.807) is 6.26 Å². The lowest BCUT2D eigenvalue weighted by Gasteiger charge is -2.10. The van der Waals surface area contributed by atoms with E-state index in [2.05, 4.69) is 0 Å². The van der Waals surface area contributed by atoms with Gasteiger partial charge in [0.1, 0.15) is 6.04 Å². The molecule has 0 aliphatic carbocycles. The Kier molecular flexibility index (Phi) is 3.65. The molecule has 6 heteroatoms. The Bertz CT molecular complexity index is 398. The fourth-order valence-corrected chi connectivity index (χ4v) is 1.55. The minimum absolute atomic E-state index is 0.119. The first kappa shape index (κ1) is 11.9. The second kappa shape index (κ2) is 4.59. The molecule has 82 valence electrons. The van der Waals surface area contributed by atoms with E-state index >= 15 is 0 Å². The summed E-state index contributed by atoms with van der Waals surface area (Å²) in [7, 11) is 0. The smallest absolute Gasteiger partial charge is 0.325 e.